The van der Waals surface area contributed by atoms with Gasteiger partial charge >= 0.3 is 0 Å². The number of phenolic OH excluding ortho intramolecular Hbond substituents is 1. The monoisotopic (exact) mass is 287 g/mol. The van der Waals surface area contributed by atoms with E-state index in [4.69, 9.17) is 5.73 Å². The molecular formula is C11H17N3O4S. The third kappa shape index (κ3) is 4.42. The number of sulfonamides is 1. The van der Waals surface area contributed by atoms with E-state index in [9.17, 15) is 18.3 Å². The Morgan fingerprint density at radius 3 is 2.58 bits per heavy atom. The van der Waals surface area contributed by atoms with E-state index in [2.05, 4.69) is 10.0 Å². The normalized spacial score (nSPS) is 11.5. The predicted octanol–water partition coefficient (Wildman–Crippen LogP) is -0.223. The van der Waals surface area contributed by atoms with Crippen LogP contribution in [0.2, 0.25) is 0 Å². The Morgan fingerprint density at radius 1 is 1.42 bits per heavy atom. The van der Waals surface area contributed by atoms with Crippen LogP contribution in [0, 0.1) is 0 Å². The molecule has 0 saturated carbocycles. The molecule has 0 radical (unpaired) electrons. The van der Waals surface area contributed by atoms with Crippen LogP contribution in [0.25, 0.3) is 0 Å². The molecule has 8 heteroatoms. The van der Waals surface area contributed by atoms with Crippen molar-refractivity contribution in [3.05, 3.63) is 18.2 Å². The van der Waals surface area contributed by atoms with Crippen LogP contribution < -0.4 is 15.8 Å². The zero-order valence-electron chi connectivity index (χ0n) is 10.7. The van der Waals surface area contributed by atoms with Gasteiger partial charge in [-0.1, -0.05) is 0 Å². The molecule has 7 nitrogen and oxygen atoms in total. The molecule has 1 amide bonds. The van der Waals surface area contributed by atoms with Crippen molar-refractivity contribution in [2.75, 3.05) is 12.3 Å². The zero-order valence-corrected chi connectivity index (χ0v) is 11.5. The highest BCUT2D eigenvalue weighted by Gasteiger charge is 2.16. The van der Waals surface area contributed by atoms with Crippen molar-refractivity contribution in [1.29, 1.82) is 0 Å². The van der Waals surface area contributed by atoms with Crippen molar-refractivity contribution in [3.63, 3.8) is 0 Å². The van der Waals surface area contributed by atoms with Gasteiger partial charge in [0.1, 0.15) is 5.75 Å². The summed E-state index contributed by atoms with van der Waals surface area (Å²) < 4.78 is 25.9. The number of hydrogen-bond donors (Lipinski definition) is 4. The van der Waals surface area contributed by atoms with Crippen molar-refractivity contribution in [3.8, 4) is 5.75 Å². The maximum atomic E-state index is 11.9. The van der Waals surface area contributed by atoms with Crippen molar-refractivity contribution >= 4 is 21.6 Å². The van der Waals surface area contributed by atoms with Crippen molar-refractivity contribution in [2.24, 2.45) is 0 Å². The SMILES string of the molecule is CC(C)NC(=O)CNS(=O)(=O)c1ccc(O)c(N)c1. The molecule has 1 rings (SSSR count). The van der Waals surface area contributed by atoms with Crippen molar-refractivity contribution < 1.29 is 18.3 Å². The third-order valence-corrected chi connectivity index (χ3v) is 3.58. The van der Waals surface area contributed by atoms with Crippen LogP contribution in [-0.4, -0.2) is 32.0 Å². The first-order chi connectivity index (χ1) is 8.72. The Morgan fingerprint density at radius 2 is 2.05 bits per heavy atom. The first kappa shape index (κ1) is 15.3. The lowest BCUT2D eigenvalue weighted by molar-refractivity contribution is -0.120. The predicted molar refractivity (Wildman–Crippen MR) is 71.0 cm³/mol. The Labute approximate surface area is 111 Å². The quantitative estimate of drug-likeness (QED) is 0.440. The largest absolute Gasteiger partial charge is 0.506 e. The molecule has 0 spiro atoms. The number of nitrogens with one attached hydrogen (secondary N) is 2. The fraction of sp³-hybridized carbons (Fsp3) is 0.364. The molecule has 0 fully saturated rings. The van der Waals surface area contributed by atoms with Gasteiger partial charge in [0.2, 0.25) is 15.9 Å². The molecule has 5 N–H and O–H groups in total. The van der Waals surface area contributed by atoms with Gasteiger partial charge in [0.15, 0.2) is 0 Å². The van der Waals surface area contributed by atoms with Gasteiger partial charge in [-0.3, -0.25) is 4.79 Å². The van der Waals surface area contributed by atoms with Gasteiger partial charge in [-0.15, -0.1) is 0 Å². The number of phenols is 1. The first-order valence-corrected chi connectivity index (χ1v) is 7.08. The van der Waals surface area contributed by atoms with Gasteiger partial charge in [-0.05, 0) is 32.0 Å². The Balaban J connectivity index is 2.76. The summed E-state index contributed by atoms with van der Waals surface area (Å²) in [6, 6.07) is 3.44. The number of nitrogens with two attached hydrogens (primary N) is 1. The zero-order chi connectivity index (χ0) is 14.6. The summed E-state index contributed by atoms with van der Waals surface area (Å²) >= 11 is 0. The van der Waals surface area contributed by atoms with Crippen LogP contribution in [-0.2, 0) is 14.8 Å². The minimum absolute atomic E-state index is 0.0468. The van der Waals surface area contributed by atoms with E-state index in [-0.39, 0.29) is 28.9 Å². The van der Waals surface area contributed by atoms with E-state index in [1.54, 1.807) is 13.8 Å². The van der Waals surface area contributed by atoms with Crippen LogP contribution in [0.4, 0.5) is 5.69 Å². The lowest BCUT2D eigenvalue weighted by Gasteiger charge is -2.10. The second-order valence-electron chi connectivity index (χ2n) is 4.27. The topological polar surface area (TPSA) is 122 Å². The summed E-state index contributed by atoms with van der Waals surface area (Å²) in [5.74, 6) is -0.623. The lowest BCUT2D eigenvalue weighted by atomic mass is 10.3. The average molecular weight is 287 g/mol. The molecule has 19 heavy (non-hydrogen) atoms. The van der Waals surface area contributed by atoms with E-state index in [1.165, 1.54) is 12.1 Å². The molecule has 0 atom stereocenters. The number of amides is 1. The third-order valence-electron chi connectivity index (χ3n) is 2.18. The van der Waals surface area contributed by atoms with Crippen LogP contribution >= 0.6 is 0 Å². The fourth-order valence-corrected chi connectivity index (χ4v) is 2.33. The van der Waals surface area contributed by atoms with Crippen LogP contribution in [0.1, 0.15) is 13.8 Å². The summed E-state index contributed by atoms with van der Waals surface area (Å²) in [5.41, 5.74) is 5.37. The van der Waals surface area contributed by atoms with Gasteiger partial charge < -0.3 is 16.2 Å². The molecule has 0 aliphatic carbocycles. The van der Waals surface area contributed by atoms with Gasteiger partial charge in [-0.25, -0.2) is 13.1 Å². The summed E-state index contributed by atoms with van der Waals surface area (Å²) in [6.45, 7) is 3.18. The molecule has 0 aliphatic rings. The lowest BCUT2D eigenvalue weighted by Crippen LogP contribution is -2.39. The maximum absolute atomic E-state index is 11.9. The standard InChI is InChI=1S/C11H17N3O4S/c1-7(2)14-11(16)6-13-19(17,18)8-3-4-10(15)9(12)5-8/h3-5,7,13,15H,6,12H2,1-2H3,(H,14,16). The smallest absolute Gasteiger partial charge is 0.241 e. The number of carbonyl (C=O) groups is 1. The minimum atomic E-state index is -3.83. The van der Waals surface area contributed by atoms with Gasteiger partial charge in [0.05, 0.1) is 17.1 Å². The Kier molecular flexibility index (Phi) is 4.73. The average Bonchev–Trinajstić information content (AvgIpc) is 2.29. The molecule has 0 aliphatic heterocycles. The molecule has 1 aromatic rings. The number of benzene rings is 1. The van der Waals surface area contributed by atoms with E-state index in [1.807, 2.05) is 0 Å². The number of anilines is 1. The van der Waals surface area contributed by atoms with E-state index >= 15 is 0 Å². The number of aromatic hydroxyl groups is 1. The van der Waals surface area contributed by atoms with Crippen molar-refractivity contribution in [2.45, 2.75) is 24.8 Å². The molecule has 106 valence electrons. The second kappa shape index (κ2) is 5.89. The summed E-state index contributed by atoms with van der Waals surface area (Å²) in [5, 5.41) is 11.8. The van der Waals surface area contributed by atoms with Gasteiger partial charge in [0.25, 0.3) is 0 Å². The fourth-order valence-electron chi connectivity index (χ4n) is 1.32. The molecule has 1 aromatic carbocycles. The number of rotatable bonds is 5. The number of carbonyl (C=O) groups excluding carboxylic acids is 1. The molecule has 0 aromatic heterocycles. The Bertz CT molecular complexity index is 569. The summed E-state index contributed by atoms with van der Waals surface area (Å²) in [6.07, 6.45) is 0. The molecule has 0 heterocycles. The first-order valence-electron chi connectivity index (χ1n) is 5.60. The maximum Gasteiger partial charge on any atom is 0.241 e. The van der Waals surface area contributed by atoms with E-state index in [0.29, 0.717) is 0 Å². The Hall–Kier alpha value is -1.80. The van der Waals surface area contributed by atoms with Crippen LogP contribution in [0.3, 0.4) is 0 Å². The van der Waals surface area contributed by atoms with E-state index < -0.39 is 15.9 Å². The van der Waals surface area contributed by atoms with E-state index in [0.717, 1.165) is 6.07 Å². The molecule has 0 bridgehead atoms. The summed E-state index contributed by atoms with van der Waals surface area (Å²) in [7, 11) is -3.83. The molecule has 0 saturated heterocycles. The van der Waals surface area contributed by atoms with Gasteiger partial charge in [-0.2, -0.15) is 0 Å². The van der Waals surface area contributed by atoms with Gasteiger partial charge in [0, 0.05) is 6.04 Å². The highest BCUT2D eigenvalue weighted by molar-refractivity contribution is 7.89. The minimum Gasteiger partial charge on any atom is -0.506 e. The number of nitrogen functional groups attached to an aromatic ring is 1. The molecule has 0 unspecified atom stereocenters. The molecular weight excluding hydrogens is 270 g/mol. The number of hydrogen-bond acceptors (Lipinski definition) is 5. The highest BCUT2D eigenvalue weighted by atomic mass is 32.2. The highest BCUT2D eigenvalue weighted by Crippen LogP contribution is 2.22. The van der Waals surface area contributed by atoms with Crippen molar-refractivity contribution in [1.82, 2.24) is 10.0 Å². The second-order valence-corrected chi connectivity index (χ2v) is 6.03. The van der Waals surface area contributed by atoms with Crippen LogP contribution in [0.5, 0.6) is 5.75 Å². The summed E-state index contributed by atoms with van der Waals surface area (Å²) in [4.78, 5) is 11.2. The van der Waals surface area contributed by atoms with Crippen LogP contribution in [0.15, 0.2) is 23.1 Å².